The van der Waals surface area contributed by atoms with Gasteiger partial charge in [-0.05, 0) is 11.1 Å². The zero-order valence-corrected chi connectivity index (χ0v) is 10.6. The molecule has 0 aliphatic rings. The van der Waals surface area contributed by atoms with Crippen LogP contribution < -0.4 is 5.11 Å². The molecule has 19 heavy (non-hydrogen) atoms. The van der Waals surface area contributed by atoms with Crippen molar-refractivity contribution >= 4 is 16.6 Å². The number of nitrogens with zero attached hydrogens (tertiary/aromatic N) is 1. The van der Waals surface area contributed by atoms with Crippen molar-refractivity contribution in [3.63, 3.8) is 0 Å². The van der Waals surface area contributed by atoms with Crippen LogP contribution in [0.2, 0.25) is 0 Å². The van der Waals surface area contributed by atoms with E-state index in [-0.39, 0.29) is 0 Å². The third-order valence-electron chi connectivity index (χ3n) is 2.03. The second-order valence-corrected chi connectivity index (χ2v) is 3.92. The molecule has 1 amide bonds. The van der Waals surface area contributed by atoms with E-state index < -0.39 is 16.6 Å². The lowest BCUT2D eigenvalue weighted by Crippen LogP contribution is -2.16. The second kappa shape index (κ2) is 7.78. The van der Waals surface area contributed by atoms with E-state index in [9.17, 15) is 8.42 Å². The lowest BCUT2D eigenvalue weighted by atomic mass is 10.1. The average Bonchev–Trinajstić information content (AvgIpc) is 2.40. The van der Waals surface area contributed by atoms with Gasteiger partial charge < -0.3 is 9.90 Å². The summed E-state index contributed by atoms with van der Waals surface area (Å²) in [6.07, 6.45) is -1.95. The summed E-state index contributed by atoms with van der Waals surface area (Å²) in [6.45, 7) is 0. The highest BCUT2D eigenvalue weighted by atomic mass is 32.2. The van der Waals surface area contributed by atoms with Crippen LogP contribution >= 0.6 is 0 Å². The smallest absolute Gasteiger partial charge is 0.317 e. The van der Waals surface area contributed by atoms with E-state index in [1.807, 2.05) is 16.5 Å². The molecule has 0 aromatic heterocycles. The van der Waals surface area contributed by atoms with Gasteiger partial charge in [0.2, 0.25) is 0 Å². The molecule has 0 saturated heterocycles. The van der Waals surface area contributed by atoms with Gasteiger partial charge in [-0.3, -0.25) is 0 Å². The van der Waals surface area contributed by atoms with Crippen molar-refractivity contribution in [2.24, 2.45) is 4.36 Å². The number of benzene rings is 2. The molecule has 0 aliphatic heterocycles. The van der Waals surface area contributed by atoms with E-state index in [0.29, 0.717) is 0 Å². The fourth-order valence-electron chi connectivity index (χ4n) is 1.32. The first-order chi connectivity index (χ1) is 9.09. The van der Waals surface area contributed by atoms with Crippen LogP contribution in [0.25, 0.3) is 11.1 Å². The number of rotatable bonds is 1. The fourth-order valence-corrected chi connectivity index (χ4v) is 1.44. The highest BCUT2D eigenvalue weighted by Crippen LogP contribution is 2.17. The summed E-state index contributed by atoms with van der Waals surface area (Å²) in [5.74, 6) is 0. The Hall–Kier alpha value is -2.47. The zero-order valence-electron chi connectivity index (χ0n) is 9.76. The van der Waals surface area contributed by atoms with Crippen LogP contribution in [0.3, 0.4) is 0 Å². The number of amides is 1. The van der Waals surface area contributed by atoms with Crippen molar-refractivity contribution in [2.45, 2.75) is 0 Å². The predicted molar refractivity (Wildman–Crippen MR) is 68.6 cm³/mol. The average molecular weight is 276 g/mol. The standard InChI is InChI=1S/C12H10.CHNO4S/c1-3-7-11(8-4-1)12-9-5-2-6-10-12;3-1(4)2-7(5)6/h1-10H;(H,3,4)/p-1. The van der Waals surface area contributed by atoms with Gasteiger partial charge in [0.05, 0.1) is 0 Å². The molecule has 98 valence electrons. The van der Waals surface area contributed by atoms with Gasteiger partial charge in [0.25, 0.3) is 0 Å². The van der Waals surface area contributed by atoms with Crippen LogP contribution in [0, 0.1) is 0 Å². The SMILES string of the molecule is O=C([O-])N=S(=O)=O.c1ccc(-c2ccccc2)cc1. The summed E-state index contributed by atoms with van der Waals surface area (Å²) in [5.41, 5.74) is 2.55. The molecule has 0 unspecified atom stereocenters. The monoisotopic (exact) mass is 276 g/mol. The first kappa shape index (κ1) is 14.6. The minimum Gasteiger partial charge on any atom is -0.527 e. The molecule has 0 atom stereocenters. The maximum Gasteiger partial charge on any atom is 0.317 e. The third kappa shape index (κ3) is 6.13. The summed E-state index contributed by atoms with van der Waals surface area (Å²) in [6, 6.07) is 20.8. The Morgan fingerprint density at radius 1 is 0.842 bits per heavy atom. The van der Waals surface area contributed by atoms with Gasteiger partial charge in [0.15, 0.2) is 6.09 Å². The predicted octanol–water partition coefficient (Wildman–Crippen LogP) is 1.75. The Labute approximate surface area is 111 Å². The lowest BCUT2D eigenvalue weighted by molar-refractivity contribution is -0.244. The van der Waals surface area contributed by atoms with E-state index in [2.05, 4.69) is 48.5 Å². The molecule has 0 fully saturated rings. The van der Waals surface area contributed by atoms with E-state index in [0.717, 1.165) is 0 Å². The minimum absolute atomic E-state index is 1.28. The van der Waals surface area contributed by atoms with Crippen LogP contribution in [-0.2, 0) is 10.5 Å². The van der Waals surface area contributed by atoms with Gasteiger partial charge in [-0.2, -0.15) is 8.42 Å². The normalized spacial score (nSPS) is 8.84. The number of carbonyl (C=O) groups excluding carboxylic acids is 1. The third-order valence-corrected chi connectivity index (χ3v) is 2.33. The fraction of sp³-hybridized carbons (Fsp3) is 0. The van der Waals surface area contributed by atoms with Gasteiger partial charge in [-0.25, -0.2) is 0 Å². The minimum atomic E-state index is -2.88. The molecular weight excluding hydrogens is 266 g/mol. The number of carbonyl (C=O) groups is 1. The topological polar surface area (TPSA) is 86.6 Å². The maximum absolute atomic E-state index is 9.22. The van der Waals surface area contributed by atoms with Crippen LogP contribution in [0.4, 0.5) is 4.79 Å². The van der Waals surface area contributed by atoms with Gasteiger partial charge >= 0.3 is 10.5 Å². The van der Waals surface area contributed by atoms with Crippen molar-refractivity contribution in [2.75, 3.05) is 0 Å². The Kier molecular flexibility index (Phi) is 5.97. The molecule has 2 aromatic rings. The Morgan fingerprint density at radius 3 is 1.42 bits per heavy atom. The van der Waals surface area contributed by atoms with Crippen molar-refractivity contribution in [3.05, 3.63) is 60.7 Å². The van der Waals surface area contributed by atoms with Crippen molar-refractivity contribution in [1.29, 1.82) is 0 Å². The summed E-state index contributed by atoms with van der Waals surface area (Å²) in [5, 5.41) is 9.14. The molecule has 2 aromatic carbocycles. The summed E-state index contributed by atoms with van der Waals surface area (Å²) in [4.78, 5) is 9.14. The zero-order chi connectivity index (χ0) is 14.1. The van der Waals surface area contributed by atoms with E-state index in [4.69, 9.17) is 9.90 Å². The molecule has 0 saturated carbocycles. The molecule has 6 heteroatoms. The number of hydrogen-bond acceptors (Lipinski definition) is 4. The quantitative estimate of drug-likeness (QED) is 0.793. The molecular formula is C13H10NO4S-. The molecule has 2 rings (SSSR count). The lowest BCUT2D eigenvalue weighted by Gasteiger charge is -1.98. The first-order valence-electron chi connectivity index (χ1n) is 5.22. The highest BCUT2D eigenvalue weighted by Gasteiger charge is 1.91. The summed E-state index contributed by atoms with van der Waals surface area (Å²) < 4.78 is 20.4. The summed E-state index contributed by atoms with van der Waals surface area (Å²) in [7, 11) is -2.88. The molecule has 0 spiro atoms. The number of carboxylic acid groups (broad SMARTS) is 1. The van der Waals surface area contributed by atoms with Crippen LogP contribution in [0.1, 0.15) is 0 Å². The molecule has 0 radical (unpaired) electrons. The van der Waals surface area contributed by atoms with Crippen LogP contribution in [0.15, 0.2) is 65.0 Å². The second-order valence-electron chi connectivity index (χ2n) is 3.31. The van der Waals surface area contributed by atoms with Crippen molar-refractivity contribution < 1.29 is 18.3 Å². The first-order valence-corrected chi connectivity index (χ1v) is 6.25. The number of hydrogen-bond donors (Lipinski definition) is 0. The van der Waals surface area contributed by atoms with Crippen molar-refractivity contribution in [3.8, 4) is 11.1 Å². The Morgan fingerprint density at radius 2 is 1.21 bits per heavy atom. The molecule has 0 heterocycles. The Balaban J connectivity index is 0.000000224. The van der Waals surface area contributed by atoms with E-state index in [1.165, 1.54) is 11.1 Å². The van der Waals surface area contributed by atoms with E-state index in [1.54, 1.807) is 0 Å². The Bertz CT molecular complexity index is 606. The van der Waals surface area contributed by atoms with Crippen LogP contribution in [0.5, 0.6) is 0 Å². The van der Waals surface area contributed by atoms with E-state index >= 15 is 0 Å². The largest absolute Gasteiger partial charge is 0.527 e. The van der Waals surface area contributed by atoms with Crippen molar-refractivity contribution in [1.82, 2.24) is 0 Å². The van der Waals surface area contributed by atoms with Gasteiger partial charge in [0, 0.05) is 0 Å². The molecule has 0 aliphatic carbocycles. The van der Waals surface area contributed by atoms with Gasteiger partial charge in [0.1, 0.15) is 0 Å². The highest BCUT2D eigenvalue weighted by molar-refractivity contribution is 7.62. The van der Waals surface area contributed by atoms with Gasteiger partial charge in [-0.15, -0.1) is 4.36 Å². The van der Waals surface area contributed by atoms with Crippen LogP contribution in [-0.4, -0.2) is 14.5 Å². The van der Waals surface area contributed by atoms with Gasteiger partial charge in [-0.1, -0.05) is 60.7 Å². The summed E-state index contributed by atoms with van der Waals surface area (Å²) >= 11 is 0. The maximum atomic E-state index is 9.22. The molecule has 5 nitrogen and oxygen atoms in total. The molecule has 0 bridgehead atoms. The molecule has 0 N–H and O–H groups in total.